The molecular formula is C29H28O5S. The Balaban J connectivity index is 1.67. The van der Waals surface area contributed by atoms with Gasteiger partial charge in [-0.15, -0.1) is 11.8 Å². The van der Waals surface area contributed by atoms with Gasteiger partial charge in [-0.2, -0.15) is 0 Å². The summed E-state index contributed by atoms with van der Waals surface area (Å²) in [5.74, 6) is 19.0. The summed E-state index contributed by atoms with van der Waals surface area (Å²) in [5.41, 5.74) is 3.67. The van der Waals surface area contributed by atoms with Crippen molar-refractivity contribution in [1.82, 2.24) is 0 Å². The zero-order valence-corrected chi connectivity index (χ0v) is 21.0. The number of thioether (sulfide) groups is 1. The van der Waals surface area contributed by atoms with Crippen LogP contribution in [0.2, 0.25) is 0 Å². The Bertz CT molecular complexity index is 1230. The highest BCUT2D eigenvalue weighted by Gasteiger charge is 2.39. The van der Waals surface area contributed by atoms with Crippen molar-refractivity contribution in [2.75, 3.05) is 39.6 Å². The van der Waals surface area contributed by atoms with Crippen LogP contribution in [-0.2, 0) is 6.42 Å². The van der Waals surface area contributed by atoms with Gasteiger partial charge in [0.15, 0.2) is 23.0 Å². The summed E-state index contributed by atoms with van der Waals surface area (Å²) in [6.07, 6.45) is 5.45. The first-order valence-corrected chi connectivity index (χ1v) is 12.8. The van der Waals surface area contributed by atoms with Gasteiger partial charge in [-0.1, -0.05) is 23.7 Å². The predicted octanol–water partition coefficient (Wildman–Crippen LogP) is 5.06. The van der Waals surface area contributed by atoms with Gasteiger partial charge in [-0.25, -0.2) is 0 Å². The molecule has 3 atom stereocenters. The molecule has 2 heterocycles. The summed E-state index contributed by atoms with van der Waals surface area (Å²) < 4.78 is 28.5. The first-order valence-electron chi connectivity index (χ1n) is 11.6. The van der Waals surface area contributed by atoms with E-state index in [0.717, 1.165) is 41.4 Å². The normalized spacial score (nSPS) is 23.0. The Kier molecular flexibility index (Phi) is 7.02. The van der Waals surface area contributed by atoms with Crippen LogP contribution in [0.1, 0.15) is 29.0 Å². The van der Waals surface area contributed by atoms with Gasteiger partial charge in [0.1, 0.15) is 0 Å². The van der Waals surface area contributed by atoms with Crippen molar-refractivity contribution in [3.63, 3.8) is 0 Å². The van der Waals surface area contributed by atoms with Gasteiger partial charge in [0.05, 0.1) is 27.1 Å². The molecule has 3 aliphatic rings. The molecule has 0 unspecified atom stereocenters. The fourth-order valence-corrected chi connectivity index (χ4v) is 6.29. The fraction of sp³-hybridized carbons (Fsp3) is 0.379. The molecule has 1 aliphatic carbocycles. The molecule has 5 rings (SSSR count). The predicted molar refractivity (Wildman–Crippen MR) is 138 cm³/mol. The molecule has 0 N–H and O–H groups in total. The third kappa shape index (κ3) is 4.64. The average molecular weight is 489 g/mol. The third-order valence-electron chi connectivity index (χ3n) is 6.83. The largest absolute Gasteiger partial charge is 0.493 e. The zero-order chi connectivity index (χ0) is 24.2. The zero-order valence-electron chi connectivity index (χ0n) is 20.2. The minimum atomic E-state index is 0.104. The molecule has 0 saturated carbocycles. The number of benzene rings is 2. The Morgan fingerprint density at radius 3 is 2.31 bits per heavy atom. The summed E-state index contributed by atoms with van der Waals surface area (Å²) in [6, 6.07) is 8.48. The highest BCUT2D eigenvalue weighted by atomic mass is 32.2. The summed E-state index contributed by atoms with van der Waals surface area (Å²) in [4.78, 5) is 0. The van der Waals surface area contributed by atoms with Crippen LogP contribution < -0.4 is 23.7 Å². The Morgan fingerprint density at radius 2 is 1.60 bits per heavy atom. The summed E-state index contributed by atoms with van der Waals surface area (Å²) in [6.45, 7) is 0.256. The van der Waals surface area contributed by atoms with Crippen molar-refractivity contribution in [2.45, 2.75) is 18.8 Å². The van der Waals surface area contributed by atoms with Crippen LogP contribution in [0, 0.1) is 35.5 Å². The summed E-state index contributed by atoms with van der Waals surface area (Å²) >= 11 is 1.88. The minimum Gasteiger partial charge on any atom is -0.493 e. The summed E-state index contributed by atoms with van der Waals surface area (Å²) in [7, 11) is 4.94. The molecule has 2 aromatic rings. The molecule has 0 fully saturated rings. The van der Waals surface area contributed by atoms with E-state index in [4.69, 9.17) is 23.7 Å². The second-order valence-electron chi connectivity index (χ2n) is 8.66. The number of ether oxygens (including phenoxy) is 5. The van der Waals surface area contributed by atoms with Gasteiger partial charge in [-0.3, -0.25) is 0 Å². The average Bonchev–Trinajstić information content (AvgIpc) is 3.33. The highest BCUT2D eigenvalue weighted by Crippen LogP contribution is 2.52. The lowest BCUT2D eigenvalue weighted by Gasteiger charge is -2.40. The maximum absolute atomic E-state index is 5.78. The first kappa shape index (κ1) is 23.4. The lowest BCUT2D eigenvalue weighted by Crippen LogP contribution is -2.32. The topological polar surface area (TPSA) is 46.2 Å². The van der Waals surface area contributed by atoms with Gasteiger partial charge in [0.2, 0.25) is 12.5 Å². The van der Waals surface area contributed by atoms with Crippen LogP contribution in [0.5, 0.6) is 28.7 Å². The van der Waals surface area contributed by atoms with Gasteiger partial charge in [-0.05, 0) is 77.1 Å². The van der Waals surface area contributed by atoms with E-state index in [1.54, 1.807) is 21.3 Å². The van der Waals surface area contributed by atoms with E-state index in [0.29, 0.717) is 29.1 Å². The molecule has 0 spiro atoms. The first-order chi connectivity index (χ1) is 17.2. The lowest BCUT2D eigenvalue weighted by molar-refractivity contribution is 0.174. The number of fused-ring (bicyclic) bond motifs is 3. The standard InChI is InChI=1S/C29H28O5S/c1-30-26-14-21(15-27(31-2)29(26)32-3)28-22-16-25-24(33-18-34-25)13-20(22)12-19-10-8-6-4-5-7-9-11-35-17-23(19)28/h4-5,13-16,19,23,28H,10-12,17-18H2,1-3H3/b5-4-/t19-,23-,28-/m1/s1. The number of rotatable bonds is 4. The van der Waals surface area contributed by atoms with Crippen molar-refractivity contribution in [3.8, 4) is 52.4 Å². The van der Waals surface area contributed by atoms with Crippen molar-refractivity contribution >= 4 is 11.8 Å². The van der Waals surface area contributed by atoms with Crippen LogP contribution in [0.25, 0.3) is 0 Å². The second kappa shape index (κ2) is 10.5. The van der Waals surface area contributed by atoms with Crippen LogP contribution >= 0.6 is 11.8 Å². The second-order valence-corrected chi connectivity index (χ2v) is 9.69. The maximum atomic E-state index is 5.78. The molecule has 0 bridgehead atoms. The smallest absolute Gasteiger partial charge is 0.231 e. The molecule has 180 valence electrons. The molecule has 2 aromatic carbocycles. The van der Waals surface area contributed by atoms with E-state index in [2.05, 4.69) is 47.9 Å². The Labute approximate surface area is 211 Å². The molecule has 0 amide bonds. The highest BCUT2D eigenvalue weighted by molar-refractivity contribution is 7.99. The molecule has 2 aliphatic heterocycles. The minimum absolute atomic E-state index is 0.104. The Hall–Kier alpha value is -3.35. The Morgan fingerprint density at radius 1 is 0.886 bits per heavy atom. The van der Waals surface area contributed by atoms with Crippen LogP contribution in [0.4, 0.5) is 0 Å². The molecule has 35 heavy (non-hydrogen) atoms. The third-order valence-corrected chi connectivity index (χ3v) is 7.80. The van der Waals surface area contributed by atoms with Crippen LogP contribution in [0.3, 0.4) is 0 Å². The number of methoxy groups -OCH3 is 3. The van der Waals surface area contributed by atoms with E-state index in [1.807, 2.05) is 23.9 Å². The van der Waals surface area contributed by atoms with Gasteiger partial charge >= 0.3 is 0 Å². The number of hydrogen-bond acceptors (Lipinski definition) is 6. The van der Waals surface area contributed by atoms with Crippen LogP contribution in [-0.4, -0.2) is 39.6 Å². The molecule has 6 heteroatoms. The molecule has 0 radical (unpaired) electrons. The van der Waals surface area contributed by atoms with Gasteiger partial charge in [0.25, 0.3) is 0 Å². The maximum Gasteiger partial charge on any atom is 0.231 e. The molecule has 0 saturated heterocycles. The van der Waals surface area contributed by atoms with Crippen molar-refractivity contribution < 1.29 is 23.7 Å². The quantitative estimate of drug-likeness (QED) is 0.561. The fourth-order valence-electron chi connectivity index (χ4n) is 5.25. The van der Waals surface area contributed by atoms with Crippen LogP contribution in [0.15, 0.2) is 36.4 Å². The van der Waals surface area contributed by atoms with Crippen molar-refractivity contribution in [3.05, 3.63) is 53.1 Å². The van der Waals surface area contributed by atoms with Crippen molar-refractivity contribution in [1.29, 1.82) is 0 Å². The van der Waals surface area contributed by atoms with E-state index >= 15 is 0 Å². The van der Waals surface area contributed by atoms with E-state index in [9.17, 15) is 0 Å². The van der Waals surface area contributed by atoms with E-state index < -0.39 is 0 Å². The van der Waals surface area contributed by atoms with E-state index in [1.165, 1.54) is 11.1 Å². The molecule has 0 aromatic heterocycles. The summed E-state index contributed by atoms with van der Waals surface area (Å²) in [5, 5.41) is 0. The van der Waals surface area contributed by atoms with Gasteiger partial charge in [0, 0.05) is 12.3 Å². The van der Waals surface area contributed by atoms with Crippen molar-refractivity contribution in [2.24, 2.45) is 11.8 Å². The van der Waals surface area contributed by atoms with Gasteiger partial charge < -0.3 is 23.7 Å². The lowest BCUT2D eigenvalue weighted by atomic mass is 9.66. The monoisotopic (exact) mass is 488 g/mol. The van der Waals surface area contributed by atoms with E-state index in [-0.39, 0.29) is 12.7 Å². The number of allylic oxidation sites excluding steroid dienone is 2. The molecular weight excluding hydrogens is 460 g/mol. The number of hydrogen-bond donors (Lipinski definition) is 0. The molecule has 5 nitrogen and oxygen atoms in total. The SMILES string of the molecule is COc1cc([C@@H]2c3cc4c(cc3C[C@H]3CC#C/C=C\C#CCSC[C@H]32)OCO4)cc(OC)c1OC.